The molecule has 0 atom stereocenters. The fourth-order valence-electron chi connectivity index (χ4n) is 2.15. The number of thioether (sulfide) groups is 1. The van der Waals surface area contributed by atoms with Crippen molar-refractivity contribution in [1.29, 1.82) is 0 Å². The van der Waals surface area contributed by atoms with E-state index in [1.54, 1.807) is 11.8 Å². The highest BCUT2D eigenvalue weighted by Gasteiger charge is 2.19. The Morgan fingerprint density at radius 1 is 1.04 bits per heavy atom. The van der Waals surface area contributed by atoms with Crippen LogP contribution in [0.25, 0.3) is 0 Å². The minimum absolute atomic E-state index is 0.102. The molecule has 0 fully saturated rings. The van der Waals surface area contributed by atoms with Crippen molar-refractivity contribution >= 4 is 29.0 Å². The van der Waals surface area contributed by atoms with Crippen LogP contribution in [0.1, 0.15) is 21.5 Å². The van der Waals surface area contributed by atoms with Crippen molar-refractivity contribution in [3.8, 4) is 0 Å². The fraction of sp³-hybridized carbons (Fsp3) is 0.235. The Balaban J connectivity index is 1.88. The summed E-state index contributed by atoms with van der Waals surface area (Å²) in [6, 6.07) is 11.0. The molecule has 2 aromatic rings. The van der Waals surface area contributed by atoms with Crippen LogP contribution >= 0.6 is 11.8 Å². The number of hydrogen-bond donors (Lipinski definition) is 1. The van der Waals surface area contributed by atoms with Crippen molar-refractivity contribution in [2.24, 2.45) is 0 Å². The summed E-state index contributed by atoms with van der Waals surface area (Å²) in [5.41, 5.74) is 1.30. The quantitative estimate of drug-likeness (QED) is 0.429. The van der Waals surface area contributed by atoms with Crippen LogP contribution in [0.5, 0.6) is 0 Å². The molecule has 0 aliphatic heterocycles. The number of aryl methyl sites for hydroxylation is 1. The van der Waals surface area contributed by atoms with Gasteiger partial charge in [0.2, 0.25) is 0 Å². The third kappa shape index (κ3) is 5.55. The molecule has 136 valence electrons. The van der Waals surface area contributed by atoms with Gasteiger partial charge in [-0.05, 0) is 12.5 Å². The van der Waals surface area contributed by atoms with Crippen molar-refractivity contribution in [2.45, 2.75) is 12.7 Å². The molecule has 26 heavy (non-hydrogen) atoms. The van der Waals surface area contributed by atoms with Gasteiger partial charge in [-0.3, -0.25) is 25.0 Å². The van der Waals surface area contributed by atoms with E-state index in [1.165, 1.54) is 11.1 Å². The van der Waals surface area contributed by atoms with Crippen LogP contribution in [0.15, 0.2) is 42.5 Å². The third-order valence-electron chi connectivity index (χ3n) is 3.51. The lowest BCUT2D eigenvalue weighted by Crippen LogP contribution is -2.25. The lowest BCUT2D eigenvalue weighted by atomic mass is 10.1. The Labute approximate surface area is 153 Å². The van der Waals surface area contributed by atoms with Crippen LogP contribution in [0.3, 0.4) is 0 Å². The number of rotatable bonds is 8. The summed E-state index contributed by atoms with van der Waals surface area (Å²) in [6.07, 6.45) is 0. The van der Waals surface area contributed by atoms with Gasteiger partial charge in [-0.2, -0.15) is 11.8 Å². The van der Waals surface area contributed by atoms with Gasteiger partial charge in [0.05, 0.1) is 21.5 Å². The van der Waals surface area contributed by atoms with Gasteiger partial charge in [0, 0.05) is 30.2 Å². The van der Waals surface area contributed by atoms with E-state index in [2.05, 4.69) is 5.32 Å². The van der Waals surface area contributed by atoms with E-state index in [9.17, 15) is 25.0 Å². The Hall–Kier alpha value is -2.94. The predicted molar refractivity (Wildman–Crippen MR) is 99.4 cm³/mol. The molecule has 0 aromatic heterocycles. The molecule has 0 aliphatic rings. The summed E-state index contributed by atoms with van der Waals surface area (Å²) >= 11 is 1.63. The molecule has 1 amide bonds. The number of carbonyl (C=O) groups excluding carboxylic acids is 1. The van der Waals surface area contributed by atoms with Crippen LogP contribution in [-0.2, 0) is 5.75 Å². The molecular weight excluding hydrogens is 358 g/mol. The number of benzene rings is 2. The Bertz CT molecular complexity index is 791. The van der Waals surface area contributed by atoms with E-state index in [1.807, 2.05) is 31.2 Å². The maximum Gasteiger partial charge on any atom is 0.277 e. The summed E-state index contributed by atoms with van der Waals surface area (Å²) in [6.45, 7) is 2.37. The van der Waals surface area contributed by atoms with Crippen molar-refractivity contribution in [2.75, 3.05) is 12.3 Å². The summed E-state index contributed by atoms with van der Waals surface area (Å²) in [5.74, 6) is 0.877. The molecule has 0 spiro atoms. The zero-order chi connectivity index (χ0) is 19.1. The first-order valence-electron chi connectivity index (χ1n) is 7.72. The number of amides is 1. The molecule has 8 nitrogen and oxygen atoms in total. The average molecular weight is 375 g/mol. The first kappa shape index (κ1) is 19.4. The SMILES string of the molecule is Cc1ccc(CSCCNC(=O)c2cc([N+](=O)[O-])cc([N+](=O)[O-])c2)cc1. The molecule has 0 heterocycles. The standard InChI is InChI=1S/C17H17N3O5S/c1-12-2-4-13(5-3-12)11-26-7-6-18-17(21)14-8-15(19(22)23)10-16(9-14)20(24)25/h2-5,8-10H,6-7,11H2,1H3,(H,18,21). The maximum absolute atomic E-state index is 12.1. The predicted octanol–water partition coefficient (Wildman–Crippen LogP) is 3.47. The number of nitro benzene ring substituents is 2. The number of non-ortho nitro benzene ring substituents is 2. The molecule has 0 bridgehead atoms. The topological polar surface area (TPSA) is 115 Å². The molecule has 0 radical (unpaired) electrons. The zero-order valence-electron chi connectivity index (χ0n) is 14.0. The van der Waals surface area contributed by atoms with Crippen LogP contribution in [0.2, 0.25) is 0 Å². The van der Waals surface area contributed by atoms with Gasteiger partial charge in [-0.1, -0.05) is 29.8 Å². The minimum atomic E-state index is -0.763. The lowest BCUT2D eigenvalue weighted by Gasteiger charge is -2.06. The van der Waals surface area contributed by atoms with Gasteiger partial charge in [0.25, 0.3) is 17.3 Å². The van der Waals surface area contributed by atoms with Gasteiger partial charge in [-0.25, -0.2) is 0 Å². The average Bonchev–Trinajstić information content (AvgIpc) is 2.62. The molecule has 2 rings (SSSR count). The molecule has 2 aromatic carbocycles. The first-order chi connectivity index (χ1) is 12.4. The maximum atomic E-state index is 12.1. The largest absolute Gasteiger partial charge is 0.351 e. The Morgan fingerprint density at radius 2 is 1.62 bits per heavy atom. The van der Waals surface area contributed by atoms with Crippen LogP contribution in [0.4, 0.5) is 11.4 Å². The van der Waals surface area contributed by atoms with Crippen LogP contribution in [0, 0.1) is 27.2 Å². The molecule has 0 saturated carbocycles. The van der Waals surface area contributed by atoms with Gasteiger partial charge >= 0.3 is 0 Å². The van der Waals surface area contributed by atoms with Crippen molar-refractivity contribution < 1.29 is 14.6 Å². The van der Waals surface area contributed by atoms with Gasteiger partial charge in [0.1, 0.15) is 0 Å². The second-order valence-corrected chi connectivity index (χ2v) is 6.65. The zero-order valence-corrected chi connectivity index (χ0v) is 14.8. The third-order valence-corrected chi connectivity index (χ3v) is 4.54. The van der Waals surface area contributed by atoms with E-state index >= 15 is 0 Å². The summed E-state index contributed by atoms with van der Waals surface area (Å²) < 4.78 is 0. The summed E-state index contributed by atoms with van der Waals surface area (Å²) in [5, 5.41) is 24.3. The highest BCUT2D eigenvalue weighted by molar-refractivity contribution is 7.98. The number of nitrogens with zero attached hydrogens (tertiary/aromatic N) is 2. The summed E-state index contributed by atoms with van der Waals surface area (Å²) in [4.78, 5) is 32.3. The second kappa shape index (κ2) is 8.95. The van der Waals surface area contributed by atoms with Crippen molar-refractivity contribution in [3.63, 3.8) is 0 Å². The lowest BCUT2D eigenvalue weighted by molar-refractivity contribution is -0.394. The van der Waals surface area contributed by atoms with Crippen molar-refractivity contribution in [3.05, 3.63) is 79.4 Å². The Morgan fingerprint density at radius 3 is 2.15 bits per heavy atom. The van der Waals surface area contributed by atoms with Crippen LogP contribution < -0.4 is 5.32 Å². The number of hydrogen-bond acceptors (Lipinski definition) is 6. The van der Waals surface area contributed by atoms with Gasteiger partial charge in [0.15, 0.2) is 0 Å². The van der Waals surface area contributed by atoms with Crippen LogP contribution in [-0.4, -0.2) is 28.1 Å². The Kier molecular flexibility index (Phi) is 6.67. The van der Waals surface area contributed by atoms with E-state index < -0.39 is 27.1 Å². The fourth-order valence-corrected chi connectivity index (χ4v) is 2.97. The van der Waals surface area contributed by atoms with E-state index in [0.29, 0.717) is 12.3 Å². The number of nitrogens with one attached hydrogen (secondary N) is 1. The first-order valence-corrected chi connectivity index (χ1v) is 8.87. The van der Waals surface area contributed by atoms with E-state index in [0.717, 1.165) is 24.0 Å². The normalized spacial score (nSPS) is 10.3. The molecule has 1 N–H and O–H groups in total. The number of carbonyl (C=O) groups is 1. The van der Waals surface area contributed by atoms with E-state index in [-0.39, 0.29) is 5.56 Å². The minimum Gasteiger partial charge on any atom is -0.351 e. The van der Waals surface area contributed by atoms with E-state index in [4.69, 9.17) is 0 Å². The molecule has 0 saturated heterocycles. The number of nitro groups is 2. The monoisotopic (exact) mass is 375 g/mol. The second-order valence-electron chi connectivity index (χ2n) is 5.55. The molecule has 0 aliphatic carbocycles. The summed E-state index contributed by atoms with van der Waals surface area (Å²) in [7, 11) is 0. The smallest absolute Gasteiger partial charge is 0.277 e. The molecule has 9 heteroatoms. The van der Waals surface area contributed by atoms with Gasteiger partial charge < -0.3 is 5.32 Å². The highest BCUT2D eigenvalue weighted by atomic mass is 32.2. The van der Waals surface area contributed by atoms with Crippen molar-refractivity contribution in [1.82, 2.24) is 5.32 Å². The molecule has 0 unspecified atom stereocenters. The molecular formula is C17H17N3O5S. The van der Waals surface area contributed by atoms with Gasteiger partial charge in [-0.15, -0.1) is 0 Å². The highest BCUT2D eigenvalue weighted by Crippen LogP contribution is 2.22.